The molecule has 0 spiro atoms. The minimum Gasteiger partial charge on any atom is -0.351 e. The molecule has 5 heteroatoms. The van der Waals surface area contributed by atoms with E-state index in [1.54, 1.807) is 0 Å². The van der Waals surface area contributed by atoms with Gasteiger partial charge in [-0.3, -0.25) is 4.79 Å². The van der Waals surface area contributed by atoms with Crippen LogP contribution in [-0.2, 0) is 6.42 Å². The van der Waals surface area contributed by atoms with Gasteiger partial charge in [-0.1, -0.05) is 12.1 Å². The molecule has 1 N–H and O–H groups in total. The van der Waals surface area contributed by atoms with Crippen molar-refractivity contribution in [3.63, 3.8) is 0 Å². The number of nitrogens with one attached hydrogen (secondary N) is 1. The van der Waals surface area contributed by atoms with Crippen molar-refractivity contribution in [2.24, 2.45) is 0 Å². The summed E-state index contributed by atoms with van der Waals surface area (Å²) in [5, 5.41) is 4.81. The number of fused-ring (bicyclic) bond motifs is 1. The van der Waals surface area contributed by atoms with E-state index in [1.165, 1.54) is 16.9 Å². The van der Waals surface area contributed by atoms with Crippen LogP contribution in [0.1, 0.15) is 20.9 Å². The summed E-state index contributed by atoms with van der Waals surface area (Å²) in [6, 6.07) is 7.76. The van der Waals surface area contributed by atoms with Crippen LogP contribution in [0.4, 0.5) is 0 Å². The lowest BCUT2D eigenvalue weighted by atomic mass is 10.3. The van der Waals surface area contributed by atoms with Crippen LogP contribution in [0, 0.1) is 6.92 Å². The van der Waals surface area contributed by atoms with E-state index in [-0.39, 0.29) is 5.91 Å². The summed E-state index contributed by atoms with van der Waals surface area (Å²) in [4.78, 5) is 17.1. The van der Waals surface area contributed by atoms with Crippen LogP contribution in [0.2, 0.25) is 0 Å². The summed E-state index contributed by atoms with van der Waals surface area (Å²) < 4.78 is 2.02. The van der Waals surface area contributed by atoms with Crippen molar-refractivity contribution in [2.45, 2.75) is 13.3 Å². The molecule has 0 aliphatic heterocycles. The first-order valence-corrected chi connectivity index (χ1v) is 7.36. The van der Waals surface area contributed by atoms with E-state index in [9.17, 15) is 4.79 Å². The Morgan fingerprint density at radius 2 is 2.25 bits per heavy atom. The van der Waals surface area contributed by atoms with Gasteiger partial charge in [-0.25, -0.2) is 4.98 Å². The number of hydrogen-bond donors (Lipinski definition) is 1. The molecular formula is C15H15N3OS. The molecular weight excluding hydrogens is 270 g/mol. The van der Waals surface area contributed by atoms with Gasteiger partial charge in [-0.2, -0.15) is 0 Å². The zero-order chi connectivity index (χ0) is 13.9. The lowest BCUT2D eigenvalue weighted by Gasteiger charge is -2.01. The molecule has 0 bridgehead atoms. The number of aryl methyl sites for hydroxylation is 1. The average molecular weight is 285 g/mol. The number of rotatable bonds is 4. The van der Waals surface area contributed by atoms with E-state index >= 15 is 0 Å². The van der Waals surface area contributed by atoms with Gasteiger partial charge in [0.2, 0.25) is 0 Å². The van der Waals surface area contributed by atoms with E-state index in [2.05, 4.69) is 23.4 Å². The lowest BCUT2D eigenvalue weighted by Crippen LogP contribution is -2.24. The standard InChI is InChI=1S/C15H15N3OS/c1-11-4-5-14-17-12(10-18(14)9-11)6-7-16-15(19)13-3-2-8-20-13/h2-5,8-10H,6-7H2,1H3,(H,16,19). The first-order valence-electron chi connectivity index (χ1n) is 6.48. The predicted octanol–water partition coefficient (Wildman–Crippen LogP) is 2.68. The molecule has 0 unspecified atom stereocenters. The summed E-state index contributed by atoms with van der Waals surface area (Å²) in [6.45, 7) is 2.65. The molecule has 102 valence electrons. The molecule has 0 atom stereocenters. The SMILES string of the molecule is Cc1ccc2nc(CCNC(=O)c3cccs3)cn2c1. The van der Waals surface area contributed by atoms with E-state index < -0.39 is 0 Å². The van der Waals surface area contributed by atoms with Crippen LogP contribution >= 0.6 is 11.3 Å². The van der Waals surface area contributed by atoms with Crippen LogP contribution < -0.4 is 5.32 Å². The third kappa shape index (κ3) is 2.72. The Morgan fingerprint density at radius 1 is 1.35 bits per heavy atom. The molecule has 1 amide bonds. The van der Waals surface area contributed by atoms with E-state index in [4.69, 9.17) is 0 Å². The van der Waals surface area contributed by atoms with Crippen LogP contribution in [-0.4, -0.2) is 21.8 Å². The monoisotopic (exact) mass is 285 g/mol. The van der Waals surface area contributed by atoms with Gasteiger partial charge in [0.1, 0.15) is 5.65 Å². The molecule has 0 saturated carbocycles. The van der Waals surface area contributed by atoms with Gasteiger partial charge < -0.3 is 9.72 Å². The Bertz CT molecular complexity index is 731. The first kappa shape index (κ1) is 12.9. The maximum atomic E-state index is 11.8. The Balaban J connectivity index is 1.61. The Morgan fingerprint density at radius 3 is 3.05 bits per heavy atom. The first-order chi connectivity index (χ1) is 9.72. The summed E-state index contributed by atoms with van der Waals surface area (Å²) in [6.07, 6.45) is 4.80. The number of amides is 1. The molecule has 3 rings (SSSR count). The summed E-state index contributed by atoms with van der Waals surface area (Å²) in [5.74, 6) is -0.0143. The second-order valence-corrected chi connectivity index (χ2v) is 5.64. The number of hydrogen-bond acceptors (Lipinski definition) is 3. The second-order valence-electron chi connectivity index (χ2n) is 4.69. The Kier molecular flexibility index (Phi) is 3.52. The number of thiophene rings is 1. The third-order valence-corrected chi connectivity index (χ3v) is 3.93. The maximum Gasteiger partial charge on any atom is 0.261 e. The number of carbonyl (C=O) groups is 1. The predicted molar refractivity (Wildman–Crippen MR) is 80.3 cm³/mol. The van der Waals surface area contributed by atoms with Crippen molar-refractivity contribution in [1.29, 1.82) is 0 Å². The zero-order valence-electron chi connectivity index (χ0n) is 11.2. The Labute approximate surface area is 121 Å². The van der Waals surface area contributed by atoms with Gasteiger partial charge in [0.15, 0.2) is 0 Å². The molecule has 0 aliphatic rings. The van der Waals surface area contributed by atoms with Crippen LogP contribution in [0.15, 0.2) is 42.0 Å². The summed E-state index contributed by atoms with van der Waals surface area (Å²) in [5.41, 5.74) is 3.13. The van der Waals surface area contributed by atoms with Crippen molar-refractivity contribution < 1.29 is 4.79 Å². The van der Waals surface area contributed by atoms with Crippen LogP contribution in [0.5, 0.6) is 0 Å². The van der Waals surface area contributed by atoms with E-state index in [0.29, 0.717) is 6.54 Å². The molecule has 3 aromatic rings. The zero-order valence-corrected chi connectivity index (χ0v) is 12.0. The minimum absolute atomic E-state index is 0.0143. The number of nitrogens with zero attached hydrogens (tertiary/aromatic N) is 2. The lowest BCUT2D eigenvalue weighted by molar-refractivity contribution is 0.0958. The van der Waals surface area contributed by atoms with Gasteiger partial charge in [-0.15, -0.1) is 11.3 Å². The van der Waals surface area contributed by atoms with Crippen molar-refractivity contribution in [3.8, 4) is 0 Å². The highest BCUT2D eigenvalue weighted by molar-refractivity contribution is 7.12. The number of carbonyl (C=O) groups excluding carboxylic acids is 1. The van der Waals surface area contributed by atoms with Crippen molar-refractivity contribution >= 4 is 22.9 Å². The fourth-order valence-electron chi connectivity index (χ4n) is 2.07. The fraction of sp³-hybridized carbons (Fsp3) is 0.200. The van der Waals surface area contributed by atoms with E-state index in [1.807, 2.05) is 40.2 Å². The quantitative estimate of drug-likeness (QED) is 0.801. The van der Waals surface area contributed by atoms with Gasteiger partial charge >= 0.3 is 0 Å². The minimum atomic E-state index is -0.0143. The molecule has 0 saturated heterocycles. The Hall–Kier alpha value is -2.14. The normalized spacial score (nSPS) is 10.8. The van der Waals surface area contributed by atoms with Gasteiger partial charge in [-0.05, 0) is 30.0 Å². The molecule has 20 heavy (non-hydrogen) atoms. The topological polar surface area (TPSA) is 46.4 Å². The van der Waals surface area contributed by atoms with Crippen LogP contribution in [0.3, 0.4) is 0 Å². The number of imidazole rings is 1. The molecule has 0 radical (unpaired) electrons. The molecule has 4 nitrogen and oxygen atoms in total. The van der Waals surface area contributed by atoms with E-state index in [0.717, 1.165) is 22.6 Å². The third-order valence-electron chi connectivity index (χ3n) is 3.06. The summed E-state index contributed by atoms with van der Waals surface area (Å²) >= 11 is 1.45. The highest BCUT2D eigenvalue weighted by atomic mass is 32.1. The smallest absolute Gasteiger partial charge is 0.261 e. The van der Waals surface area contributed by atoms with Gasteiger partial charge in [0, 0.05) is 25.4 Å². The second kappa shape index (κ2) is 5.46. The molecule has 3 aromatic heterocycles. The molecule has 0 fully saturated rings. The summed E-state index contributed by atoms with van der Waals surface area (Å²) in [7, 11) is 0. The van der Waals surface area contributed by atoms with Crippen molar-refractivity contribution in [2.75, 3.05) is 6.54 Å². The molecule has 3 heterocycles. The van der Waals surface area contributed by atoms with Crippen molar-refractivity contribution in [1.82, 2.24) is 14.7 Å². The highest BCUT2D eigenvalue weighted by Gasteiger charge is 2.06. The van der Waals surface area contributed by atoms with Crippen LogP contribution in [0.25, 0.3) is 5.65 Å². The van der Waals surface area contributed by atoms with Crippen molar-refractivity contribution in [3.05, 3.63) is 58.2 Å². The number of aromatic nitrogens is 2. The molecule has 0 aliphatic carbocycles. The number of pyridine rings is 1. The van der Waals surface area contributed by atoms with Gasteiger partial charge in [0.05, 0.1) is 10.6 Å². The average Bonchev–Trinajstić information content (AvgIpc) is 3.06. The molecule has 0 aromatic carbocycles. The largest absolute Gasteiger partial charge is 0.351 e. The van der Waals surface area contributed by atoms with Gasteiger partial charge in [0.25, 0.3) is 5.91 Å². The highest BCUT2D eigenvalue weighted by Crippen LogP contribution is 2.09. The maximum absolute atomic E-state index is 11.8. The fourth-order valence-corrected chi connectivity index (χ4v) is 2.72.